The summed E-state index contributed by atoms with van der Waals surface area (Å²) in [6.07, 6.45) is -9.13. The highest BCUT2D eigenvalue weighted by molar-refractivity contribution is 5.26. The Labute approximate surface area is 78.5 Å². The molecule has 0 aliphatic heterocycles. The minimum Gasteiger partial charge on any atom is -0.248 e. The third-order valence-electron chi connectivity index (χ3n) is 1.49. The van der Waals surface area contributed by atoms with Crippen molar-refractivity contribution in [3.05, 3.63) is 29.1 Å². The monoisotopic (exact) mass is 233 g/mol. The molecule has 0 amide bonds. The van der Waals surface area contributed by atoms with Crippen LogP contribution in [0.15, 0.2) is 6.20 Å². The van der Waals surface area contributed by atoms with Gasteiger partial charge < -0.3 is 0 Å². The van der Waals surface area contributed by atoms with E-state index in [0.717, 1.165) is 0 Å². The second-order valence-corrected chi connectivity index (χ2v) is 2.48. The Balaban J connectivity index is 3.47. The Morgan fingerprint density at radius 2 is 1.67 bits per heavy atom. The van der Waals surface area contributed by atoms with Gasteiger partial charge in [0, 0.05) is 0 Å². The van der Waals surface area contributed by atoms with Gasteiger partial charge in [-0.05, 0) is 0 Å². The Morgan fingerprint density at radius 1 is 1.13 bits per heavy atom. The molecule has 0 bridgehead atoms. The van der Waals surface area contributed by atoms with E-state index in [-0.39, 0.29) is 6.20 Å². The molecule has 1 heterocycles. The van der Waals surface area contributed by atoms with Gasteiger partial charge in [-0.1, -0.05) is 0 Å². The van der Waals surface area contributed by atoms with Crippen LogP contribution in [0, 0.1) is 11.6 Å². The van der Waals surface area contributed by atoms with Gasteiger partial charge in [-0.3, -0.25) is 0 Å². The van der Waals surface area contributed by atoms with E-state index in [1.54, 1.807) is 0 Å². The van der Waals surface area contributed by atoms with E-state index in [1.807, 2.05) is 0 Å². The zero-order chi connectivity index (χ0) is 11.8. The lowest BCUT2D eigenvalue weighted by Gasteiger charge is -2.11. The topological polar surface area (TPSA) is 12.9 Å². The molecule has 1 rings (SSSR count). The van der Waals surface area contributed by atoms with Crippen LogP contribution in [-0.4, -0.2) is 4.98 Å². The predicted octanol–water partition coefficient (Wildman–Crippen LogP) is 3.32. The molecule has 1 aromatic rings. The molecule has 0 atom stereocenters. The summed E-state index contributed by atoms with van der Waals surface area (Å²) in [6.45, 7) is 0. The summed E-state index contributed by atoms with van der Waals surface area (Å²) >= 11 is 0. The van der Waals surface area contributed by atoms with Crippen LogP contribution in [0.4, 0.5) is 30.7 Å². The summed E-state index contributed by atoms with van der Waals surface area (Å²) in [7, 11) is 0. The minimum atomic E-state index is -5.25. The lowest BCUT2D eigenvalue weighted by molar-refractivity contribution is -0.143. The number of halogens is 7. The highest BCUT2D eigenvalue weighted by atomic mass is 19.4. The van der Waals surface area contributed by atoms with Crippen LogP contribution in [0.1, 0.15) is 17.7 Å². The van der Waals surface area contributed by atoms with E-state index in [1.165, 1.54) is 0 Å². The highest BCUT2D eigenvalue weighted by Crippen LogP contribution is 2.36. The second kappa shape index (κ2) is 3.67. The number of hydrogen-bond donors (Lipinski definition) is 0. The van der Waals surface area contributed by atoms with Gasteiger partial charge in [0.2, 0.25) is 0 Å². The molecule has 0 N–H and O–H groups in total. The fraction of sp³-hybridized carbons (Fsp3) is 0.286. The largest absolute Gasteiger partial charge is 0.433 e. The molecule has 0 saturated heterocycles. The first-order chi connectivity index (χ1) is 6.75. The lowest BCUT2D eigenvalue weighted by Crippen LogP contribution is -2.15. The lowest BCUT2D eigenvalue weighted by atomic mass is 10.2. The van der Waals surface area contributed by atoms with Crippen LogP contribution in [0.25, 0.3) is 0 Å². The molecule has 0 fully saturated rings. The van der Waals surface area contributed by atoms with E-state index in [4.69, 9.17) is 0 Å². The zero-order valence-corrected chi connectivity index (χ0v) is 6.75. The fourth-order valence-corrected chi connectivity index (χ4v) is 0.905. The van der Waals surface area contributed by atoms with E-state index < -0.39 is 35.5 Å². The number of rotatable bonds is 1. The molecule has 84 valence electrons. The molecule has 1 aromatic heterocycles. The minimum absolute atomic E-state index is 0.0932. The van der Waals surface area contributed by atoms with Gasteiger partial charge in [-0.2, -0.15) is 13.2 Å². The third-order valence-corrected chi connectivity index (χ3v) is 1.49. The number of hydrogen-bond acceptors (Lipinski definition) is 1. The molecule has 0 unspecified atom stereocenters. The standard InChI is InChI=1S/C7H2F7N/c8-2-1-15-5(7(12,13)14)3(4(2)9)6(10)11/h1,6H. The first-order valence-corrected chi connectivity index (χ1v) is 3.44. The predicted molar refractivity (Wildman–Crippen MR) is 34.1 cm³/mol. The number of aromatic nitrogens is 1. The van der Waals surface area contributed by atoms with E-state index in [9.17, 15) is 30.7 Å². The maximum atomic E-state index is 12.6. The molecule has 8 heteroatoms. The average molecular weight is 233 g/mol. The molecule has 15 heavy (non-hydrogen) atoms. The van der Waals surface area contributed by atoms with Crippen molar-refractivity contribution in [3.8, 4) is 0 Å². The normalized spacial score (nSPS) is 12.3. The zero-order valence-electron chi connectivity index (χ0n) is 6.75. The molecule has 0 spiro atoms. The van der Waals surface area contributed by atoms with Crippen LogP contribution < -0.4 is 0 Å². The second-order valence-electron chi connectivity index (χ2n) is 2.48. The van der Waals surface area contributed by atoms with Gasteiger partial charge in [0.05, 0.1) is 11.8 Å². The van der Waals surface area contributed by atoms with Crippen LogP contribution in [-0.2, 0) is 6.18 Å². The summed E-state index contributed by atoms with van der Waals surface area (Å²) < 4.78 is 85.2. The fourth-order valence-electron chi connectivity index (χ4n) is 0.905. The molecule has 0 saturated carbocycles. The number of nitrogens with zero attached hydrogens (tertiary/aromatic N) is 1. The average Bonchev–Trinajstić information content (AvgIpc) is 2.06. The maximum absolute atomic E-state index is 12.6. The van der Waals surface area contributed by atoms with Crippen molar-refractivity contribution >= 4 is 0 Å². The van der Waals surface area contributed by atoms with Gasteiger partial charge >= 0.3 is 6.18 Å². The molecule has 1 nitrogen and oxygen atoms in total. The van der Waals surface area contributed by atoms with Crippen LogP contribution >= 0.6 is 0 Å². The van der Waals surface area contributed by atoms with Crippen molar-refractivity contribution < 1.29 is 30.7 Å². The van der Waals surface area contributed by atoms with Gasteiger partial charge in [0.1, 0.15) is 0 Å². The van der Waals surface area contributed by atoms with E-state index in [2.05, 4.69) is 4.98 Å². The SMILES string of the molecule is Fc1cnc(C(F)(F)F)c(C(F)F)c1F. The molecule has 0 radical (unpaired) electrons. The summed E-state index contributed by atoms with van der Waals surface area (Å²) in [6, 6.07) is 0. The first-order valence-electron chi connectivity index (χ1n) is 3.44. The molecular formula is C7H2F7N. The molecule has 0 aromatic carbocycles. The van der Waals surface area contributed by atoms with Gasteiger partial charge in [0.15, 0.2) is 17.3 Å². The Bertz CT molecular complexity index is 370. The van der Waals surface area contributed by atoms with Gasteiger partial charge in [0.25, 0.3) is 6.43 Å². The Morgan fingerprint density at radius 3 is 2.07 bits per heavy atom. The highest BCUT2D eigenvalue weighted by Gasteiger charge is 2.40. The first kappa shape index (κ1) is 11.7. The molecular weight excluding hydrogens is 231 g/mol. The van der Waals surface area contributed by atoms with Crippen LogP contribution in [0.2, 0.25) is 0 Å². The maximum Gasteiger partial charge on any atom is 0.433 e. The quantitative estimate of drug-likeness (QED) is 0.678. The summed E-state index contributed by atoms with van der Waals surface area (Å²) in [5.41, 5.74) is -4.18. The Kier molecular flexibility index (Phi) is 2.87. The van der Waals surface area contributed by atoms with Gasteiger partial charge in [-0.25, -0.2) is 22.5 Å². The van der Waals surface area contributed by atoms with Crippen LogP contribution in [0.3, 0.4) is 0 Å². The number of pyridine rings is 1. The van der Waals surface area contributed by atoms with Crippen molar-refractivity contribution in [2.75, 3.05) is 0 Å². The van der Waals surface area contributed by atoms with E-state index in [0.29, 0.717) is 0 Å². The van der Waals surface area contributed by atoms with Crippen molar-refractivity contribution in [2.45, 2.75) is 12.6 Å². The van der Waals surface area contributed by atoms with Crippen LogP contribution in [0.5, 0.6) is 0 Å². The van der Waals surface area contributed by atoms with Crippen molar-refractivity contribution in [2.24, 2.45) is 0 Å². The number of alkyl halides is 5. The van der Waals surface area contributed by atoms with Crippen molar-refractivity contribution in [1.82, 2.24) is 4.98 Å². The van der Waals surface area contributed by atoms with Crippen molar-refractivity contribution in [1.29, 1.82) is 0 Å². The van der Waals surface area contributed by atoms with E-state index >= 15 is 0 Å². The summed E-state index contributed by atoms with van der Waals surface area (Å²) in [5, 5.41) is 0. The summed E-state index contributed by atoms with van der Waals surface area (Å²) in [5.74, 6) is -4.08. The Hall–Kier alpha value is -1.34. The molecule has 0 aliphatic carbocycles. The smallest absolute Gasteiger partial charge is 0.248 e. The van der Waals surface area contributed by atoms with Crippen molar-refractivity contribution in [3.63, 3.8) is 0 Å². The summed E-state index contributed by atoms with van der Waals surface area (Å²) in [4.78, 5) is 2.41. The third kappa shape index (κ3) is 2.18. The molecule has 0 aliphatic rings. The van der Waals surface area contributed by atoms with Gasteiger partial charge in [-0.15, -0.1) is 0 Å².